The first-order valence-corrected chi connectivity index (χ1v) is 8.66. The van der Waals surface area contributed by atoms with E-state index < -0.39 is 5.60 Å². The van der Waals surface area contributed by atoms with Gasteiger partial charge in [0.15, 0.2) is 0 Å². The fourth-order valence-corrected chi connectivity index (χ4v) is 3.80. The van der Waals surface area contributed by atoms with E-state index in [9.17, 15) is 4.79 Å². The van der Waals surface area contributed by atoms with Crippen LogP contribution in [0.1, 0.15) is 61.3 Å². The summed E-state index contributed by atoms with van der Waals surface area (Å²) in [6.07, 6.45) is 1.95. The fraction of sp³-hybridized carbons (Fsp3) is 0.941. The van der Waals surface area contributed by atoms with Crippen molar-refractivity contribution in [3.05, 3.63) is 0 Å². The largest absolute Gasteiger partial charge is 0.461 e. The van der Waals surface area contributed by atoms with Gasteiger partial charge in [0.1, 0.15) is 5.60 Å². The Labute approximate surface area is 140 Å². The van der Waals surface area contributed by atoms with Crippen LogP contribution in [0.4, 0.5) is 4.79 Å². The molecule has 0 bridgehead atoms. The molecular weight excluding hydrogens is 293 g/mol. The second kappa shape index (κ2) is 4.88. The van der Waals surface area contributed by atoms with Gasteiger partial charge in [0.05, 0.1) is 11.2 Å². The number of carbonyl (C=O) groups excluding carboxylic acids is 1. The minimum Gasteiger partial charge on any atom is -0.444 e. The highest BCUT2D eigenvalue weighted by molar-refractivity contribution is 6.47. The van der Waals surface area contributed by atoms with Crippen LogP contribution in [0.3, 0.4) is 0 Å². The summed E-state index contributed by atoms with van der Waals surface area (Å²) in [7, 11) is -0.110. The molecule has 0 radical (unpaired) electrons. The molecule has 0 aromatic rings. The zero-order valence-corrected chi connectivity index (χ0v) is 15.6. The van der Waals surface area contributed by atoms with Gasteiger partial charge in [-0.05, 0) is 67.1 Å². The van der Waals surface area contributed by atoms with Gasteiger partial charge in [0.25, 0.3) is 0 Å². The normalized spacial score (nSPS) is 28.5. The summed E-state index contributed by atoms with van der Waals surface area (Å²) in [5, 5.41) is 0. The van der Waals surface area contributed by atoms with Gasteiger partial charge in [0.2, 0.25) is 0 Å². The van der Waals surface area contributed by atoms with Crippen LogP contribution >= 0.6 is 0 Å². The third-order valence-corrected chi connectivity index (χ3v) is 5.75. The van der Waals surface area contributed by atoms with E-state index in [1.54, 1.807) is 0 Å². The Hall–Kier alpha value is -0.745. The molecule has 23 heavy (non-hydrogen) atoms. The summed E-state index contributed by atoms with van der Waals surface area (Å²) in [6, 6.07) is 0. The number of amides is 1. The lowest BCUT2D eigenvalue weighted by atomic mass is 9.47. The third kappa shape index (κ3) is 3.00. The second-order valence-electron chi connectivity index (χ2n) is 9.63. The number of likely N-dealkylation sites (tertiary alicyclic amines) is 1. The first kappa shape index (κ1) is 17.1. The molecule has 1 saturated carbocycles. The Balaban J connectivity index is 1.47. The molecule has 0 unspecified atom stereocenters. The summed E-state index contributed by atoms with van der Waals surface area (Å²) in [5.74, 6) is 0.442. The number of carbonyl (C=O) groups is 1. The molecule has 1 spiro atoms. The number of hydrogen-bond donors (Lipinski definition) is 0. The predicted octanol–water partition coefficient (Wildman–Crippen LogP) is 3.48. The molecule has 3 fully saturated rings. The van der Waals surface area contributed by atoms with Gasteiger partial charge in [-0.2, -0.15) is 0 Å². The first-order chi connectivity index (χ1) is 10.3. The standard InChI is InChI=1S/C17H30BNO4/c1-14(2,3)21-13(20)19-10-17(11-19)8-12(9-17)18-22-15(4,5)16(6,7)23-18/h12H,8-11H2,1-7H3. The first-order valence-electron chi connectivity index (χ1n) is 8.66. The van der Waals surface area contributed by atoms with Crippen LogP contribution in [0, 0.1) is 5.41 Å². The highest BCUT2D eigenvalue weighted by Crippen LogP contribution is 2.58. The van der Waals surface area contributed by atoms with Crippen LogP contribution in [-0.2, 0) is 14.0 Å². The summed E-state index contributed by atoms with van der Waals surface area (Å²) in [4.78, 5) is 13.8. The van der Waals surface area contributed by atoms with Crippen molar-refractivity contribution in [2.75, 3.05) is 13.1 Å². The molecule has 2 saturated heterocycles. The molecule has 2 aliphatic heterocycles. The number of nitrogens with zero attached hydrogens (tertiary/aromatic N) is 1. The van der Waals surface area contributed by atoms with E-state index in [1.165, 1.54) is 0 Å². The zero-order valence-electron chi connectivity index (χ0n) is 15.6. The van der Waals surface area contributed by atoms with Crippen molar-refractivity contribution in [3.8, 4) is 0 Å². The van der Waals surface area contributed by atoms with Crippen molar-refractivity contribution in [1.29, 1.82) is 0 Å². The van der Waals surface area contributed by atoms with Gasteiger partial charge in [-0.25, -0.2) is 4.79 Å². The van der Waals surface area contributed by atoms with E-state index in [4.69, 9.17) is 14.0 Å². The smallest absolute Gasteiger partial charge is 0.444 e. The van der Waals surface area contributed by atoms with E-state index in [-0.39, 0.29) is 29.8 Å². The molecule has 0 atom stereocenters. The van der Waals surface area contributed by atoms with E-state index in [0.717, 1.165) is 25.9 Å². The highest BCUT2D eigenvalue weighted by atomic mass is 16.7. The zero-order chi connectivity index (χ0) is 17.3. The van der Waals surface area contributed by atoms with Crippen LogP contribution in [-0.4, -0.2) is 48.0 Å². The van der Waals surface area contributed by atoms with E-state index >= 15 is 0 Å². The number of rotatable bonds is 1. The van der Waals surface area contributed by atoms with Crippen molar-refractivity contribution >= 4 is 13.2 Å². The average Bonchev–Trinajstić information content (AvgIpc) is 2.40. The minimum atomic E-state index is -0.426. The van der Waals surface area contributed by atoms with Gasteiger partial charge in [-0.1, -0.05) is 0 Å². The predicted molar refractivity (Wildman–Crippen MR) is 89.3 cm³/mol. The summed E-state index contributed by atoms with van der Waals surface area (Å²) < 4.78 is 17.7. The topological polar surface area (TPSA) is 48.0 Å². The number of hydrogen-bond acceptors (Lipinski definition) is 4. The van der Waals surface area contributed by atoms with Gasteiger partial charge in [0, 0.05) is 18.5 Å². The molecule has 3 aliphatic rings. The lowest BCUT2D eigenvalue weighted by Gasteiger charge is -2.58. The highest BCUT2D eigenvalue weighted by Gasteiger charge is 2.62. The van der Waals surface area contributed by atoms with Gasteiger partial charge in [-0.3, -0.25) is 0 Å². The Morgan fingerprint density at radius 3 is 2.00 bits per heavy atom. The van der Waals surface area contributed by atoms with E-state index in [1.807, 2.05) is 25.7 Å². The maximum Gasteiger partial charge on any atom is 0.461 e. The summed E-state index contributed by atoms with van der Waals surface area (Å²) in [6.45, 7) is 15.7. The molecule has 2 heterocycles. The lowest BCUT2D eigenvalue weighted by molar-refractivity contribution is -0.0727. The van der Waals surface area contributed by atoms with Crippen LogP contribution in [0.2, 0.25) is 5.82 Å². The van der Waals surface area contributed by atoms with Crippen LogP contribution in [0.15, 0.2) is 0 Å². The average molecular weight is 323 g/mol. The molecule has 1 aliphatic carbocycles. The van der Waals surface area contributed by atoms with Crippen molar-refractivity contribution in [2.45, 2.75) is 83.9 Å². The molecule has 6 heteroatoms. The van der Waals surface area contributed by atoms with Crippen molar-refractivity contribution in [3.63, 3.8) is 0 Å². The maximum absolute atomic E-state index is 12.0. The number of ether oxygens (including phenoxy) is 1. The van der Waals surface area contributed by atoms with Crippen LogP contribution < -0.4 is 0 Å². The second-order valence-corrected chi connectivity index (χ2v) is 9.63. The molecule has 3 rings (SSSR count). The molecule has 0 aromatic carbocycles. The van der Waals surface area contributed by atoms with Gasteiger partial charge in [-0.15, -0.1) is 0 Å². The molecule has 0 N–H and O–H groups in total. The Morgan fingerprint density at radius 2 is 1.57 bits per heavy atom. The van der Waals surface area contributed by atoms with Gasteiger partial charge >= 0.3 is 13.2 Å². The lowest BCUT2D eigenvalue weighted by Crippen LogP contribution is -2.64. The summed E-state index contributed by atoms with van der Waals surface area (Å²) in [5.41, 5.74) is -0.680. The van der Waals surface area contributed by atoms with Crippen LogP contribution in [0.5, 0.6) is 0 Å². The Bertz CT molecular complexity index is 481. The third-order valence-electron chi connectivity index (χ3n) is 5.75. The van der Waals surface area contributed by atoms with Crippen LogP contribution in [0.25, 0.3) is 0 Å². The quantitative estimate of drug-likeness (QED) is 0.693. The maximum atomic E-state index is 12.0. The molecule has 1 amide bonds. The molecular formula is C17H30BNO4. The van der Waals surface area contributed by atoms with Gasteiger partial charge < -0.3 is 18.9 Å². The minimum absolute atomic E-state index is 0.110. The fourth-order valence-electron chi connectivity index (χ4n) is 3.80. The van der Waals surface area contributed by atoms with Crippen molar-refractivity contribution in [1.82, 2.24) is 4.90 Å². The SMILES string of the molecule is CC(C)(C)OC(=O)N1CC2(CC(B3OC(C)(C)C(C)(C)O3)C2)C1. The van der Waals surface area contributed by atoms with Crippen molar-refractivity contribution in [2.24, 2.45) is 5.41 Å². The van der Waals surface area contributed by atoms with E-state index in [0.29, 0.717) is 5.82 Å². The molecule has 5 nitrogen and oxygen atoms in total. The van der Waals surface area contributed by atoms with Crippen molar-refractivity contribution < 1.29 is 18.8 Å². The van der Waals surface area contributed by atoms with E-state index in [2.05, 4.69) is 27.7 Å². The molecule has 0 aromatic heterocycles. The molecule has 130 valence electrons. The summed E-state index contributed by atoms with van der Waals surface area (Å²) >= 11 is 0. The monoisotopic (exact) mass is 323 g/mol. The Kier molecular flexibility index (Phi) is 3.63. The Morgan fingerprint density at radius 1 is 1.09 bits per heavy atom.